The fourth-order valence-corrected chi connectivity index (χ4v) is 2.55. The third kappa shape index (κ3) is 3.98. The number of amides is 1. The number of aromatic nitrogens is 3. The Morgan fingerprint density at radius 3 is 2.48 bits per heavy atom. The lowest BCUT2D eigenvalue weighted by atomic mass is 10.1. The molecule has 0 fully saturated rings. The van der Waals surface area contributed by atoms with Gasteiger partial charge >= 0.3 is 0 Å². The smallest absolute Gasteiger partial charge is 0.255 e. The molecule has 1 aromatic heterocycles. The molecule has 116 valence electrons. The molecule has 0 aliphatic carbocycles. The Bertz CT molecular complexity index is 767. The first-order valence-corrected chi connectivity index (χ1v) is 8.34. The van der Waals surface area contributed by atoms with E-state index >= 15 is 0 Å². The maximum atomic E-state index is 12.3. The largest absolute Gasteiger partial charge is 0.322 e. The van der Waals surface area contributed by atoms with Crippen LogP contribution in [0.15, 0.2) is 66.1 Å². The van der Waals surface area contributed by atoms with Gasteiger partial charge in [-0.05, 0) is 48.2 Å². The Morgan fingerprint density at radius 1 is 1.13 bits per heavy atom. The molecule has 23 heavy (non-hydrogen) atoms. The number of thioether (sulfide) groups is 1. The molecule has 0 unspecified atom stereocenters. The minimum atomic E-state index is -0.116. The lowest BCUT2D eigenvalue weighted by Gasteiger charge is -2.07. The third-order valence-corrected chi connectivity index (χ3v) is 4.12. The Balaban J connectivity index is 1.64. The van der Waals surface area contributed by atoms with E-state index in [9.17, 15) is 4.79 Å². The van der Waals surface area contributed by atoms with Gasteiger partial charge in [-0.3, -0.25) is 4.79 Å². The first-order valence-electron chi connectivity index (χ1n) is 7.11. The van der Waals surface area contributed by atoms with E-state index in [1.54, 1.807) is 22.8 Å². The van der Waals surface area contributed by atoms with E-state index in [0.717, 1.165) is 11.3 Å². The van der Waals surface area contributed by atoms with Crippen molar-refractivity contribution >= 4 is 23.4 Å². The molecule has 5 nitrogen and oxygen atoms in total. The van der Waals surface area contributed by atoms with E-state index in [1.807, 2.05) is 54.8 Å². The van der Waals surface area contributed by atoms with Crippen LogP contribution in [0.25, 0.3) is 0 Å². The van der Waals surface area contributed by atoms with Gasteiger partial charge in [0.2, 0.25) is 0 Å². The molecule has 1 amide bonds. The SMILES string of the molecule is CSc1ccc(NC(=O)c2ccc(Cn3cncn3)cc2)cc1. The average Bonchev–Trinajstić information content (AvgIpc) is 3.09. The second-order valence-corrected chi connectivity index (χ2v) is 5.85. The highest BCUT2D eigenvalue weighted by Gasteiger charge is 2.06. The number of carbonyl (C=O) groups is 1. The maximum Gasteiger partial charge on any atom is 0.255 e. The Hall–Kier alpha value is -2.60. The highest BCUT2D eigenvalue weighted by atomic mass is 32.2. The van der Waals surface area contributed by atoms with Gasteiger partial charge in [0.1, 0.15) is 12.7 Å². The van der Waals surface area contributed by atoms with Crippen molar-refractivity contribution in [3.8, 4) is 0 Å². The van der Waals surface area contributed by atoms with E-state index in [-0.39, 0.29) is 5.91 Å². The van der Waals surface area contributed by atoms with Crippen LogP contribution in [0.4, 0.5) is 5.69 Å². The molecule has 0 aliphatic heterocycles. The number of nitrogens with zero attached hydrogens (tertiary/aromatic N) is 3. The summed E-state index contributed by atoms with van der Waals surface area (Å²) in [7, 11) is 0. The van der Waals surface area contributed by atoms with Gasteiger partial charge in [0, 0.05) is 16.1 Å². The Kier molecular flexibility index (Phi) is 4.73. The van der Waals surface area contributed by atoms with Gasteiger partial charge in [-0.25, -0.2) is 9.67 Å². The molecular weight excluding hydrogens is 308 g/mol. The zero-order valence-electron chi connectivity index (χ0n) is 12.6. The topological polar surface area (TPSA) is 59.8 Å². The van der Waals surface area contributed by atoms with Gasteiger partial charge in [0.05, 0.1) is 6.54 Å². The molecule has 0 atom stereocenters. The van der Waals surface area contributed by atoms with Gasteiger partial charge < -0.3 is 5.32 Å². The Labute approximate surface area is 138 Å². The second kappa shape index (κ2) is 7.11. The predicted octanol–water partition coefficient (Wildman–Crippen LogP) is 3.30. The fraction of sp³-hybridized carbons (Fsp3) is 0.118. The summed E-state index contributed by atoms with van der Waals surface area (Å²) in [6.45, 7) is 0.637. The number of nitrogens with one attached hydrogen (secondary N) is 1. The number of hydrogen-bond donors (Lipinski definition) is 1. The number of carbonyl (C=O) groups excluding carboxylic acids is 1. The zero-order chi connectivity index (χ0) is 16.1. The van der Waals surface area contributed by atoms with Crippen LogP contribution < -0.4 is 5.32 Å². The molecule has 0 radical (unpaired) electrons. The van der Waals surface area contributed by atoms with Crippen LogP contribution in [0.3, 0.4) is 0 Å². The van der Waals surface area contributed by atoms with Gasteiger partial charge in [0.25, 0.3) is 5.91 Å². The van der Waals surface area contributed by atoms with Crippen LogP contribution in [-0.2, 0) is 6.54 Å². The van der Waals surface area contributed by atoms with Crippen molar-refractivity contribution in [3.05, 3.63) is 72.3 Å². The summed E-state index contributed by atoms with van der Waals surface area (Å²) in [4.78, 5) is 17.3. The fourth-order valence-electron chi connectivity index (χ4n) is 2.14. The summed E-state index contributed by atoms with van der Waals surface area (Å²) in [5.74, 6) is -0.116. The number of rotatable bonds is 5. The molecule has 1 N–H and O–H groups in total. The van der Waals surface area contributed by atoms with Crippen molar-refractivity contribution in [2.24, 2.45) is 0 Å². The van der Waals surface area contributed by atoms with Crippen molar-refractivity contribution < 1.29 is 4.79 Å². The lowest BCUT2D eigenvalue weighted by molar-refractivity contribution is 0.102. The van der Waals surface area contributed by atoms with E-state index in [1.165, 1.54) is 11.2 Å². The molecule has 3 rings (SSSR count). The van der Waals surface area contributed by atoms with E-state index in [4.69, 9.17) is 0 Å². The molecule has 0 bridgehead atoms. The molecule has 0 aliphatic rings. The molecule has 6 heteroatoms. The molecule has 0 saturated heterocycles. The van der Waals surface area contributed by atoms with Crippen LogP contribution in [0, 0.1) is 0 Å². The van der Waals surface area contributed by atoms with Gasteiger partial charge in [-0.1, -0.05) is 12.1 Å². The minimum Gasteiger partial charge on any atom is -0.322 e. The molecule has 3 aromatic rings. The quantitative estimate of drug-likeness (QED) is 0.732. The summed E-state index contributed by atoms with van der Waals surface area (Å²) in [6.07, 6.45) is 5.19. The van der Waals surface area contributed by atoms with Crippen molar-refractivity contribution in [3.63, 3.8) is 0 Å². The number of anilines is 1. The number of benzene rings is 2. The van der Waals surface area contributed by atoms with E-state index in [0.29, 0.717) is 12.1 Å². The highest BCUT2D eigenvalue weighted by molar-refractivity contribution is 7.98. The lowest BCUT2D eigenvalue weighted by Crippen LogP contribution is -2.12. The Morgan fingerprint density at radius 2 is 1.87 bits per heavy atom. The van der Waals surface area contributed by atoms with Crippen LogP contribution in [0.2, 0.25) is 0 Å². The summed E-state index contributed by atoms with van der Waals surface area (Å²) in [6, 6.07) is 15.3. The first kappa shape index (κ1) is 15.3. The molecule has 0 spiro atoms. The van der Waals surface area contributed by atoms with E-state index in [2.05, 4.69) is 15.4 Å². The summed E-state index contributed by atoms with van der Waals surface area (Å²) >= 11 is 1.67. The normalized spacial score (nSPS) is 10.5. The van der Waals surface area contributed by atoms with Gasteiger partial charge in [0.15, 0.2) is 0 Å². The average molecular weight is 324 g/mol. The van der Waals surface area contributed by atoms with Crippen molar-refractivity contribution in [2.45, 2.75) is 11.4 Å². The molecule has 0 saturated carbocycles. The van der Waals surface area contributed by atoms with Gasteiger partial charge in [-0.15, -0.1) is 11.8 Å². The highest BCUT2D eigenvalue weighted by Crippen LogP contribution is 2.18. The van der Waals surface area contributed by atoms with E-state index < -0.39 is 0 Å². The minimum absolute atomic E-state index is 0.116. The van der Waals surface area contributed by atoms with Crippen LogP contribution in [0.5, 0.6) is 0 Å². The first-order chi connectivity index (χ1) is 11.2. The standard InChI is InChI=1S/C17H16N4OS/c1-23-16-8-6-15(7-9-16)20-17(22)14-4-2-13(3-5-14)10-21-12-18-11-19-21/h2-9,11-12H,10H2,1H3,(H,20,22). The number of hydrogen-bond acceptors (Lipinski definition) is 4. The van der Waals surface area contributed by atoms with Crippen LogP contribution in [-0.4, -0.2) is 26.9 Å². The molecular formula is C17H16N4OS. The zero-order valence-corrected chi connectivity index (χ0v) is 13.5. The van der Waals surface area contributed by atoms with Crippen LogP contribution in [0.1, 0.15) is 15.9 Å². The monoisotopic (exact) mass is 324 g/mol. The van der Waals surface area contributed by atoms with Crippen molar-refractivity contribution in [1.82, 2.24) is 14.8 Å². The summed E-state index contributed by atoms with van der Waals surface area (Å²) in [5, 5.41) is 6.96. The summed E-state index contributed by atoms with van der Waals surface area (Å²) < 4.78 is 1.74. The maximum absolute atomic E-state index is 12.3. The van der Waals surface area contributed by atoms with Crippen molar-refractivity contribution in [1.29, 1.82) is 0 Å². The summed E-state index contributed by atoms with van der Waals surface area (Å²) in [5.41, 5.74) is 2.48. The molecule has 1 heterocycles. The van der Waals surface area contributed by atoms with Crippen LogP contribution >= 0.6 is 11.8 Å². The third-order valence-electron chi connectivity index (χ3n) is 3.38. The van der Waals surface area contributed by atoms with Crippen molar-refractivity contribution in [2.75, 3.05) is 11.6 Å². The van der Waals surface area contributed by atoms with Gasteiger partial charge in [-0.2, -0.15) is 5.10 Å². The second-order valence-electron chi connectivity index (χ2n) is 4.97. The predicted molar refractivity (Wildman–Crippen MR) is 91.7 cm³/mol. The molecule has 2 aromatic carbocycles.